The molecule has 0 atom stereocenters. The standard InChI is InChI=1S/C26H24N6O2/c1-18-28-10-11-32(18)26-5-2-19(17-30-26)14-25-29-9-6-23(31-25)20-3-4-24(21(15-20)16-27)34-22-7-12-33-13-8-22/h2-6,9-11,15,17,22H,7-8,12-14H2,1H3. The van der Waals surface area contributed by atoms with Gasteiger partial charge in [0, 0.05) is 49.6 Å². The summed E-state index contributed by atoms with van der Waals surface area (Å²) in [5.74, 6) is 3.00. The van der Waals surface area contributed by atoms with Crippen LogP contribution in [0.1, 0.15) is 35.6 Å². The lowest BCUT2D eigenvalue weighted by Gasteiger charge is -2.23. The van der Waals surface area contributed by atoms with Crippen molar-refractivity contribution in [1.82, 2.24) is 24.5 Å². The highest BCUT2D eigenvalue weighted by Crippen LogP contribution is 2.27. The van der Waals surface area contributed by atoms with Crippen molar-refractivity contribution in [2.75, 3.05) is 13.2 Å². The summed E-state index contributed by atoms with van der Waals surface area (Å²) in [7, 11) is 0. The quantitative estimate of drug-likeness (QED) is 0.435. The summed E-state index contributed by atoms with van der Waals surface area (Å²) in [4.78, 5) is 17.9. The van der Waals surface area contributed by atoms with E-state index >= 15 is 0 Å². The second-order valence-electron chi connectivity index (χ2n) is 8.16. The molecular weight excluding hydrogens is 428 g/mol. The van der Waals surface area contributed by atoms with Gasteiger partial charge in [0.1, 0.15) is 35.4 Å². The number of nitrogens with zero attached hydrogens (tertiary/aromatic N) is 6. The second kappa shape index (κ2) is 9.81. The number of aryl methyl sites for hydroxylation is 1. The highest BCUT2D eigenvalue weighted by molar-refractivity contribution is 5.64. The zero-order valence-electron chi connectivity index (χ0n) is 18.9. The van der Waals surface area contributed by atoms with Crippen LogP contribution in [0.5, 0.6) is 5.75 Å². The number of rotatable bonds is 6. The first-order chi connectivity index (χ1) is 16.7. The summed E-state index contributed by atoms with van der Waals surface area (Å²) in [5.41, 5.74) is 3.12. The molecule has 8 heteroatoms. The average molecular weight is 453 g/mol. The van der Waals surface area contributed by atoms with E-state index in [1.54, 1.807) is 12.4 Å². The van der Waals surface area contributed by atoms with Crippen LogP contribution in [-0.2, 0) is 11.2 Å². The van der Waals surface area contributed by atoms with E-state index in [1.165, 1.54) is 0 Å². The molecule has 0 spiro atoms. The van der Waals surface area contributed by atoms with E-state index in [0.29, 0.717) is 36.8 Å². The minimum Gasteiger partial charge on any atom is -0.489 e. The van der Waals surface area contributed by atoms with Crippen LogP contribution in [-0.4, -0.2) is 43.8 Å². The number of hydrogen-bond acceptors (Lipinski definition) is 7. The summed E-state index contributed by atoms with van der Waals surface area (Å²) in [6, 6.07) is 13.7. The first-order valence-corrected chi connectivity index (χ1v) is 11.3. The Morgan fingerprint density at radius 2 is 1.97 bits per heavy atom. The normalized spacial score (nSPS) is 14.0. The van der Waals surface area contributed by atoms with Crippen LogP contribution in [0.3, 0.4) is 0 Å². The third-order valence-corrected chi connectivity index (χ3v) is 5.81. The number of aromatic nitrogens is 5. The van der Waals surface area contributed by atoms with Crippen molar-refractivity contribution in [1.29, 1.82) is 5.26 Å². The van der Waals surface area contributed by atoms with Gasteiger partial charge in [-0.05, 0) is 42.8 Å². The third-order valence-electron chi connectivity index (χ3n) is 5.81. The highest BCUT2D eigenvalue weighted by atomic mass is 16.5. The van der Waals surface area contributed by atoms with E-state index in [9.17, 15) is 5.26 Å². The van der Waals surface area contributed by atoms with Gasteiger partial charge in [-0.2, -0.15) is 5.26 Å². The molecule has 4 heterocycles. The third kappa shape index (κ3) is 4.80. The fourth-order valence-electron chi connectivity index (χ4n) is 3.96. The Kier molecular flexibility index (Phi) is 6.27. The Balaban J connectivity index is 1.32. The van der Waals surface area contributed by atoms with Gasteiger partial charge >= 0.3 is 0 Å². The number of nitriles is 1. The van der Waals surface area contributed by atoms with Gasteiger partial charge in [-0.3, -0.25) is 4.57 Å². The van der Waals surface area contributed by atoms with Crippen molar-refractivity contribution in [3.8, 4) is 28.9 Å². The molecule has 3 aromatic heterocycles. The fourth-order valence-corrected chi connectivity index (χ4v) is 3.96. The van der Waals surface area contributed by atoms with Gasteiger partial charge in [-0.15, -0.1) is 0 Å². The molecule has 1 aliphatic heterocycles. The van der Waals surface area contributed by atoms with Crippen molar-refractivity contribution < 1.29 is 9.47 Å². The largest absolute Gasteiger partial charge is 0.489 e. The second-order valence-corrected chi connectivity index (χ2v) is 8.16. The number of imidazole rings is 1. The molecule has 0 unspecified atom stereocenters. The number of benzene rings is 1. The SMILES string of the molecule is Cc1nccn1-c1ccc(Cc2nccc(-c3ccc(OC4CCOCC4)c(C#N)c3)n2)cn1. The highest BCUT2D eigenvalue weighted by Gasteiger charge is 2.17. The van der Waals surface area contributed by atoms with Crippen LogP contribution in [0.15, 0.2) is 61.2 Å². The van der Waals surface area contributed by atoms with Crippen molar-refractivity contribution in [2.45, 2.75) is 32.3 Å². The van der Waals surface area contributed by atoms with Gasteiger partial charge in [0.25, 0.3) is 0 Å². The molecule has 1 aliphatic rings. The van der Waals surface area contributed by atoms with Crippen LogP contribution in [0.2, 0.25) is 0 Å². The predicted molar refractivity (Wildman–Crippen MR) is 126 cm³/mol. The maximum absolute atomic E-state index is 9.68. The zero-order chi connectivity index (χ0) is 23.3. The molecule has 1 aromatic carbocycles. The van der Waals surface area contributed by atoms with Gasteiger partial charge in [0.05, 0.1) is 24.5 Å². The molecule has 170 valence electrons. The number of pyridine rings is 1. The first kappa shape index (κ1) is 21.7. The molecule has 0 amide bonds. The minimum atomic E-state index is 0.0787. The van der Waals surface area contributed by atoms with Crippen molar-refractivity contribution >= 4 is 0 Å². The summed E-state index contributed by atoms with van der Waals surface area (Å²) < 4.78 is 13.4. The van der Waals surface area contributed by atoms with Crippen LogP contribution in [0.25, 0.3) is 17.1 Å². The van der Waals surface area contributed by atoms with Gasteiger partial charge in [-0.25, -0.2) is 19.9 Å². The van der Waals surface area contributed by atoms with E-state index in [0.717, 1.165) is 41.3 Å². The average Bonchev–Trinajstić information content (AvgIpc) is 3.31. The Hall–Kier alpha value is -4.09. The van der Waals surface area contributed by atoms with Crippen LogP contribution in [0.4, 0.5) is 0 Å². The molecule has 0 N–H and O–H groups in total. The lowest BCUT2D eigenvalue weighted by Crippen LogP contribution is -2.26. The molecule has 0 saturated carbocycles. The lowest BCUT2D eigenvalue weighted by molar-refractivity contribution is 0.0254. The fraction of sp³-hybridized carbons (Fsp3) is 0.269. The van der Waals surface area contributed by atoms with Gasteiger partial charge in [0.2, 0.25) is 0 Å². The van der Waals surface area contributed by atoms with Gasteiger partial charge in [-0.1, -0.05) is 6.07 Å². The molecule has 0 radical (unpaired) electrons. The lowest BCUT2D eigenvalue weighted by atomic mass is 10.1. The van der Waals surface area contributed by atoms with Crippen molar-refractivity contribution in [2.24, 2.45) is 0 Å². The Morgan fingerprint density at radius 1 is 1.09 bits per heavy atom. The molecule has 1 saturated heterocycles. The topological polar surface area (TPSA) is 98.7 Å². The Bertz CT molecular complexity index is 1320. The van der Waals surface area contributed by atoms with Gasteiger partial charge < -0.3 is 9.47 Å². The van der Waals surface area contributed by atoms with Crippen molar-refractivity contribution in [3.05, 3.63) is 84.0 Å². The zero-order valence-corrected chi connectivity index (χ0v) is 18.9. The number of hydrogen-bond donors (Lipinski definition) is 0. The monoisotopic (exact) mass is 452 g/mol. The van der Waals surface area contributed by atoms with Crippen LogP contribution < -0.4 is 4.74 Å². The maximum Gasteiger partial charge on any atom is 0.137 e. The molecule has 1 fully saturated rings. The van der Waals surface area contributed by atoms with Crippen LogP contribution in [0, 0.1) is 18.3 Å². The van der Waals surface area contributed by atoms with Crippen molar-refractivity contribution in [3.63, 3.8) is 0 Å². The molecule has 0 aliphatic carbocycles. The van der Waals surface area contributed by atoms with Gasteiger partial charge in [0.15, 0.2) is 0 Å². The molecule has 0 bridgehead atoms. The molecular formula is C26H24N6O2. The van der Waals surface area contributed by atoms with Crippen LogP contribution >= 0.6 is 0 Å². The number of ether oxygens (including phenoxy) is 2. The predicted octanol–water partition coefficient (Wildman–Crippen LogP) is 4.05. The minimum absolute atomic E-state index is 0.0787. The van der Waals surface area contributed by atoms with E-state index < -0.39 is 0 Å². The summed E-state index contributed by atoms with van der Waals surface area (Å²) in [6.45, 7) is 3.32. The first-order valence-electron chi connectivity index (χ1n) is 11.3. The molecule has 4 aromatic rings. The summed E-state index contributed by atoms with van der Waals surface area (Å²) >= 11 is 0. The molecule has 34 heavy (non-hydrogen) atoms. The molecule has 8 nitrogen and oxygen atoms in total. The van der Waals surface area contributed by atoms with E-state index in [1.807, 2.05) is 60.3 Å². The van der Waals surface area contributed by atoms with E-state index in [4.69, 9.17) is 14.5 Å². The Labute approximate surface area is 197 Å². The Morgan fingerprint density at radius 3 is 2.71 bits per heavy atom. The smallest absolute Gasteiger partial charge is 0.137 e. The summed E-state index contributed by atoms with van der Waals surface area (Å²) in [5, 5.41) is 9.68. The maximum atomic E-state index is 9.68. The van der Waals surface area contributed by atoms with E-state index in [-0.39, 0.29) is 6.10 Å². The van der Waals surface area contributed by atoms with E-state index in [2.05, 4.69) is 21.0 Å². The molecule has 5 rings (SSSR count). The summed E-state index contributed by atoms with van der Waals surface area (Å²) in [6.07, 6.45) is 9.52.